The van der Waals surface area contributed by atoms with Gasteiger partial charge in [0.1, 0.15) is 17.6 Å². The van der Waals surface area contributed by atoms with Crippen LogP contribution in [0.5, 0.6) is 11.5 Å². The molecule has 1 atom stereocenters. The van der Waals surface area contributed by atoms with Gasteiger partial charge in [0.05, 0.1) is 7.11 Å². The lowest BCUT2D eigenvalue weighted by Crippen LogP contribution is -2.05. The molecule has 0 fully saturated rings. The Balaban J connectivity index is 2.35. The minimum Gasteiger partial charge on any atom is -0.496 e. The van der Waals surface area contributed by atoms with Crippen LogP contribution in [-0.2, 0) is 0 Å². The first-order valence-electron chi connectivity index (χ1n) is 6.07. The van der Waals surface area contributed by atoms with E-state index in [2.05, 4.69) is 4.74 Å². The van der Waals surface area contributed by atoms with Crippen LogP contribution in [0, 0.1) is 0 Å². The van der Waals surface area contributed by atoms with Crippen molar-refractivity contribution in [1.82, 2.24) is 0 Å². The van der Waals surface area contributed by atoms with E-state index in [-0.39, 0.29) is 5.75 Å². The zero-order valence-corrected chi connectivity index (χ0v) is 11.8. The van der Waals surface area contributed by atoms with Gasteiger partial charge in [-0.15, -0.1) is 0 Å². The van der Waals surface area contributed by atoms with E-state index in [1.165, 1.54) is 25.3 Å². The molecule has 0 aliphatic heterocycles. The first-order chi connectivity index (χ1) is 10.0. The largest absolute Gasteiger partial charge is 0.496 e. The van der Waals surface area contributed by atoms with Crippen molar-refractivity contribution in [2.45, 2.75) is 12.7 Å². The molecule has 2 aromatic rings. The summed E-state index contributed by atoms with van der Waals surface area (Å²) >= 11 is 5.91. The van der Waals surface area contributed by atoms with E-state index in [0.717, 1.165) is 0 Å². The summed E-state index contributed by atoms with van der Waals surface area (Å²) in [6.45, 7) is -2.92. The third kappa shape index (κ3) is 3.83. The summed E-state index contributed by atoms with van der Waals surface area (Å²) in [5.74, 6) is 0.426. The summed E-state index contributed by atoms with van der Waals surface area (Å²) in [6.07, 6.45) is -1.07. The van der Waals surface area contributed by atoms with Gasteiger partial charge in [0, 0.05) is 10.6 Å². The molecule has 112 valence electrons. The van der Waals surface area contributed by atoms with Crippen molar-refractivity contribution < 1.29 is 23.4 Å². The number of halogens is 3. The number of hydrogen-bond acceptors (Lipinski definition) is 3. The highest BCUT2D eigenvalue weighted by molar-refractivity contribution is 6.30. The Morgan fingerprint density at radius 2 is 1.90 bits per heavy atom. The SMILES string of the molecule is COc1ccc(Cl)cc1C(O)c1cccc(OC(F)F)c1. The van der Waals surface area contributed by atoms with Crippen LogP contribution in [0.25, 0.3) is 0 Å². The minimum absolute atomic E-state index is 0.0254. The highest BCUT2D eigenvalue weighted by atomic mass is 35.5. The molecule has 1 unspecified atom stereocenters. The second kappa shape index (κ2) is 6.74. The van der Waals surface area contributed by atoms with Gasteiger partial charge in [-0.25, -0.2) is 0 Å². The van der Waals surface area contributed by atoms with Crippen molar-refractivity contribution in [3.63, 3.8) is 0 Å². The number of alkyl halides is 2. The van der Waals surface area contributed by atoms with Crippen molar-refractivity contribution in [2.24, 2.45) is 0 Å². The maximum absolute atomic E-state index is 12.2. The molecule has 0 radical (unpaired) electrons. The van der Waals surface area contributed by atoms with E-state index in [0.29, 0.717) is 21.9 Å². The summed E-state index contributed by atoms with van der Waals surface area (Å²) in [7, 11) is 1.47. The zero-order valence-electron chi connectivity index (χ0n) is 11.1. The summed E-state index contributed by atoms with van der Waals surface area (Å²) in [5.41, 5.74) is 0.841. The fourth-order valence-corrected chi connectivity index (χ4v) is 2.14. The number of rotatable bonds is 5. The Bertz CT molecular complexity index is 620. The molecule has 0 heterocycles. The maximum Gasteiger partial charge on any atom is 0.387 e. The molecule has 1 N–H and O–H groups in total. The number of aliphatic hydroxyl groups excluding tert-OH is 1. The molecule has 6 heteroatoms. The molecule has 0 spiro atoms. The van der Waals surface area contributed by atoms with Gasteiger partial charge in [0.2, 0.25) is 0 Å². The molecule has 0 saturated carbocycles. The molecule has 0 aliphatic carbocycles. The molecule has 2 aromatic carbocycles. The van der Waals surface area contributed by atoms with Crippen LogP contribution in [0.1, 0.15) is 17.2 Å². The molecule has 0 aromatic heterocycles. The highest BCUT2D eigenvalue weighted by Gasteiger charge is 2.17. The Labute approximate surface area is 125 Å². The number of aliphatic hydroxyl groups is 1. The lowest BCUT2D eigenvalue weighted by molar-refractivity contribution is -0.0499. The Hall–Kier alpha value is -1.85. The van der Waals surface area contributed by atoms with Crippen molar-refractivity contribution >= 4 is 11.6 Å². The van der Waals surface area contributed by atoms with Crippen molar-refractivity contribution in [3.8, 4) is 11.5 Å². The topological polar surface area (TPSA) is 38.7 Å². The fourth-order valence-electron chi connectivity index (χ4n) is 1.96. The van der Waals surface area contributed by atoms with Crippen molar-refractivity contribution in [2.75, 3.05) is 7.11 Å². The van der Waals surface area contributed by atoms with Gasteiger partial charge in [0.25, 0.3) is 0 Å². The number of benzene rings is 2. The van der Waals surface area contributed by atoms with Crippen LogP contribution < -0.4 is 9.47 Å². The van der Waals surface area contributed by atoms with Gasteiger partial charge in [0.15, 0.2) is 0 Å². The van der Waals surface area contributed by atoms with Gasteiger partial charge in [-0.05, 0) is 35.9 Å². The normalized spacial score (nSPS) is 12.3. The van der Waals surface area contributed by atoms with Crippen LogP contribution in [0.3, 0.4) is 0 Å². The van der Waals surface area contributed by atoms with Crippen LogP contribution in [0.15, 0.2) is 42.5 Å². The highest BCUT2D eigenvalue weighted by Crippen LogP contribution is 2.33. The van der Waals surface area contributed by atoms with Crippen molar-refractivity contribution in [1.29, 1.82) is 0 Å². The summed E-state index contributed by atoms with van der Waals surface area (Å²) in [6, 6.07) is 10.7. The average Bonchev–Trinajstić information content (AvgIpc) is 2.46. The number of hydrogen-bond donors (Lipinski definition) is 1. The van der Waals surface area contributed by atoms with Crippen LogP contribution in [-0.4, -0.2) is 18.8 Å². The molecule has 0 saturated heterocycles. The van der Waals surface area contributed by atoms with Gasteiger partial charge < -0.3 is 14.6 Å². The van der Waals surface area contributed by atoms with Crippen molar-refractivity contribution in [3.05, 3.63) is 58.6 Å². The van der Waals surface area contributed by atoms with Gasteiger partial charge >= 0.3 is 6.61 Å². The smallest absolute Gasteiger partial charge is 0.387 e. The van der Waals surface area contributed by atoms with Crippen LogP contribution in [0.4, 0.5) is 8.78 Å². The quantitative estimate of drug-likeness (QED) is 0.905. The van der Waals surface area contributed by atoms with E-state index >= 15 is 0 Å². The molecular weight excluding hydrogens is 302 g/mol. The lowest BCUT2D eigenvalue weighted by atomic mass is 10.0. The van der Waals surface area contributed by atoms with E-state index in [1.54, 1.807) is 24.3 Å². The summed E-state index contributed by atoms with van der Waals surface area (Å²) < 4.78 is 33.9. The molecule has 21 heavy (non-hydrogen) atoms. The first kappa shape index (κ1) is 15.5. The first-order valence-corrected chi connectivity index (χ1v) is 6.45. The van der Waals surface area contributed by atoms with Gasteiger partial charge in [-0.2, -0.15) is 8.78 Å². The average molecular weight is 315 g/mol. The molecular formula is C15H13ClF2O3. The monoisotopic (exact) mass is 314 g/mol. The molecule has 2 rings (SSSR count). The van der Waals surface area contributed by atoms with E-state index in [1.807, 2.05) is 0 Å². The minimum atomic E-state index is -2.92. The molecule has 0 amide bonds. The molecule has 0 aliphatic rings. The van der Waals surface area contributed by atoms with E-state index in [9.17, 15) is 13.9 Å². The fraction of sp³-hybridized carbons (Fsp3) is 0.200. The second-order valence-electron chi connectivity index (χ2n) is 4.24. The Morgan fingerprint density at radius 1 is 1.14 bits per heavy atom. The summed E-state index contributed by atoms with van der Waals surface area (Å²) in [4.78, 5) is 0. The summed E-state index contributed by atoms with van der Waals surface area (Å²) in [5, 5.41) is 10.8. The second-order valence-corrected chi connectivity index (χ2v) is 4.68. The third-order valence-corrected chi connectivity index (χ3v) is 3.12. The van der Waals surface area contributed by atoms with Gasteiger partial charge in [-0.1, -0.05) is 23.7 Å². The van der Waals surface area contributed by atoms with Gasteiger partial charge in [-0.3, -0.25) is 0 Å². The van der Waals surface area contributed by atoms with Crippen LogP contribution in [0.2, 0.25) is 5.02 Å². The predicted molar refractivity (Wildman–Crippen MR) is 75.1 cm³/mol. The number of methoxy groups -OCH3 is 1. The number of ether oxygens (including phenoxy) is 2. The van der Waals surface area contributed by atoms with E-state index < -0.39 is 12.7 Å². The predicted octanol–water partition coefficient (Wildman–Crippen LogP) is 4.03. The standard InChI is InChI=1S/C15H13ClF2O3/c1-20-13-6-5-10(16)8-12(13)14(19)9-3-2-4-11(7-9)21-15(17)18/h2-8,14-15,19H,1H3. The molecule has 0 bridgehead atoms. The lowest BCUT2D eigenvalue weighted by Gasteiger charge is -2.16. The van der Waals surface area contributed by atoms with E-state index in [4.69, 9.17) is 16.3 Å². The Morgan fingerprint density at radius 3 is 2.57 bits per heavy atom. The Kier molecular flexibility index (Phi) is 4.98. The zero-order chi connectivity index (χ0) is 15.4. The third-order valence-electron chi connectivity index (χ3n) is 2.89. The molecule has 3 nitrogen and oxygen atoms in total. The maximum atomic E-state index is 12.2. The van der Waals surface area contributed by atoms with Crippen LogP contribution >= 0.6 is 11.6 Å².